The number of hydrogen-bond donors (Lipinski definition) is 1. The molecule has 3 fully saturated rings. The van der Waals surface area contributed by atoms with E-state index in [2.05, 4.69) is 16.7 Å². The van der Waals surface area contributed by atoms with Gasteiger partial charge in [-0.2, -0.15) is 0 Å². The molecule has 0 aromatic heterocycles. The molecule has 1 amide bonds. The van der Waals surface area contributed by atoms with Gasteiger partial charge in [0.2, 0.25) is 5.91 Å². The van der Waals surface area contributed by atoms with Crippen LogP contribution in [0.25, 0.3) is 0 Å². The highest BCUT2D eigenvalue weighted by molar-refractivity contribution is 5.87. The van der Waals surface area contributed by atoms with E-state index in [1.165, 1.54) is 19.4 Å². The largest absolute Gasteiger partial charge is 0.336 e. The lowest BCUT2D eigenvalue weighted by molar-refractivity contribution is -0.142. The lowest BCUT2D eigenvalue weighted by atomic mass is 9.95. The number of nitrogens with zero attached hydrogens (tertiary/aromatic N) is 2. The minimum absolute atomic E-state index is 0. The summed E-state index contributed by atoms with van der Waals surface area (Å²) in [5.74, 6) is 0.221. The number of carbonyl (C=O) groups excluding carboxylic acids is 1. The number of nitrogens with two attached hydrogens (primary N) is 1. The fraction of sp³-hybridized carbons (Fsp3) is 0.929. The summed E-state index contributed by atoms with van der Waals surface area (Å²) in [5, 5.41) is 0. The van der Waals surface area contributed by atoms with Crippen molar-refractivity contribution in [2.75, 3.05) is 19.6 Å². The summed E-state index contributed by atoms with van der Waals surface area (Å²) in [6, 6.07) is 0.919. The molecule has 118 valence electrons. The van der Waals surface area contributed by atoms with E-state index in [1.807, 2.05) is 0 Å². The molecule has 2 atom stereocenters. The maximum atomic E-state index is 12.7. The predicted octanol–water partition coefficient (Wildman–Crippen LogP) is 1.80. The van der Waals surface area contributed by atoms with Crippen molar-refractivity contribution in [1.29, 1.82) is 0 Å². The molecule has 4 nitrogen and oxygen atoms in total. The Labute approximate surface area is 134 Å². The molecule has 3 rings (SSSR count). The van der Waals surface area contributed by atoms with Crippen LogP contribution in [0, 0.1) is 0 Å². The lowest BCUT2D eigenvalue weighted by Gasteiger charge is -2.44. The van der Waals surface area contributed by atoms with Crippen LogP contribution in [0.2, 0.25) is 0 Å². The summed E-state index contributed by atoms with van der Waals surface area (Å²) in [6.45, 7) is 5.32. The number of halogens is 2. The van der Waals surface area contributed by atoms with Gasteiger partial charge in [-0.3, -0.25) is 9.69 Å². The third-order valence-electron chi connectivity index (χ3n) is 5.12. The molecular formula is C14H27Cl2N3O. The summed E-state index contributed by atoms with van der Waals surface area (Å²) in [6.07, 6.45) is 6.51. The van der Waals surface area contributed by atoms with Gasteiger partial charge in [0.05, 0.1) is 5.54 Å². The molecule has 1 aliphatic carbocycles. The second-order valence-corrected chi connectivity index (χ2v) is 6.46. The SMILES string of the molecule is CC1CN2CCCC2CN1C(=O)C1(N)CCCC1.Cl.Cl. The predicted molar refractivity (Wildman–Crippen MR) is 85.7 cm³/mol. The summed E-state index contributed by atoms with van der Waals surface area (Å²) >= 11 is 0. The highest BCUT2D eigenvalue weighted by Gasteiger charge is 2.44. The molecule has 2 aliphatic heterocycles. The quantitative estimate of drug-likeness (QED) is 0.800. The molecule has 6 heteroatoms. The Morgan fingerprint density at radius 3 is 2.45 bits per heavy atom. The molecule has 0 radical (unpaired) electrons. The fourth-order valence-electron chi connectivity index (χ4n) is 3.98. The van der Waals surface area contributed by atoms with Crippen LogP contribution in [-0.4, -0.2) is 53.0 Å². The van der Waals surface area contributed by atoms with Crippen LogP contribution in [0.1, 0.15) is 45.4 Å². The molecule has 0 bridgehead atoms. The Morgan fingerprint density at radius 1 is 1.15 bits per heavy atom. The normalized spacial score (nSPS) is 32.2. The van der Waals surface area contributed by atoms with E-state index in [0.717, 1.165) is 38.8 Å². The number of fused-ring (bicyclic) bond motifs is 1. The van der Waals surface area contributed by atoms with Crippen LogP contribution in [-0.2, 0) is 4.79 Å². The van der Waals surface area contributed by atoms with Crippen molar-refractivity contribution < 1.29 is 4.79 Å². The van der Waals surface area contributed by atoms with E-state index in [0.29, 0.717) is 12.1 Å². The van der Waals surface area contributed by atoms with Crippen molar-refractivity contribution in [3.63, 3.8) is 0 Å². The molecule has 20 heavy (non-hydrogen) atoms. The smallest absolute Gasteiger partial charge is 0.242 e. The molecule has 1 saturated carbocycles. The van der Waals surface area contributed by atoms with Crippen LogP contribution < -0.4 is 5.73 Å². The van der Waals surface area contributed by atoms with Crippen molar-refractivity contribution >= 4 is 30.7 Å². The van der Waals surface area contributed by atoms with Gasteiger partial charge < -0.3 is 10.6 Å². The van der Waals surface area contributed by atoms with Gasteiger partial charge in [-0.05, 0) is 39.2 Å². The van der Waals surface area contributed by atoms with Gasteiger partial charge >= 0.3 is 0 Å². The van der Waals surface area contributed by atoms with Crippen LogP contribution >= 0.6 is 24.8 Å². The fourth-order valence-corrected chi connectivity index (χ4v) is 3.98. The molecule has 2 heterocycles. The second-order valence-electron chi connectivity index (χ2n) is 6.46. The highest BCUT2D eigenvalue weighted by Crippen LogP contribution is 2.32. The third kappa shape index (κ3) is 3.08. The van der Waals surface area contributed by atoms with Crippen LogP contribution in [0.4, 0.5) is 0 Å². The zero-order valence-corrected chi connectivity index (χ0v) is 13.8. The van der Waals surface area contributed by atoms with Crippen molar-refractivity contribution in [3.05, 3.63) is 0 Å². The zero-order chi connectivity index (χ0) is 12.8. The minimum Gasteiger partial charge on any atom is -0.336 e. The van der Waals surface area contributed by atoms with Gasteiger partial charge in [0, 0.05) is 25.2 Å². The monoisotopic (exact) mass is 323 g/mol. The number of piperazine rings is 1. The van der Waals surface area contributed by atoms with E-state index in [1.54, 1.807) is 0 Å². The number of carbonyl (C=O) groups is 1. The Bertz CT molecular complexity index is 347. The molecule has 2 saturated heterocycles. The van der Waals surface area contributed by atoms with Gasteiger partial charge in [0.1, 0.15) is 0 Å². The van der Waals surface area contributed by atoms with Gasteiger partial charge in [-0.25, -0.2) is 0 Å². The maximum absolute atomic E-state index is 12.7. The summed E-state index contributed by atoms with van der Waals surface area (Å²) < 4.78 is 0. The van der Waals surface area contributed by atoms with Crippen molar-refractivity contribution in [2.24, 2.45) is 5.73 Å². The van der Waals surface area contributed by atoms with E-state index in [4.69, 9.17) is 5.73 Å². The van der Waals surface area contributed by atoms with Crippen molar-refractivity contribution in [3.8, 4) is 0 Å². The van der Waals surface area contributed by atoms with Gasteiger partial charge in [0.15, 0.2) is 0 Å². The molecular weight excluding hydrogens is 297 g/mol. The van der Waals surface area contributed by atoms with Gasteiger partial charge in [-0.15, -0.1) is 24.8 Å². The van der Waals surface area contributed by atoms with E-state index in [-0.39, 0.29) is 30.7 Å². The van der Waals surface area contributed by atoms with Gasteiger partial charge in [0.25, 0.3) is 0 Å². The molecule has 2 N–H and O–H groups in total. The van der Waals surface area contributed by atoms with E-state index in [9.17, 15) is 4.79 Å². The first-order valence-electron chi connectivity index (χ1n) is 7.44. The minimum atomic E-state index is -0.547. The standard InChI is InChI=1S/C14H25N3O.2ClH/c1-11-9-16-8-4-5-12(16)10-17(11)13(18)14(15)6-2-3-7-14;;/h11-12H,2-10,15H2,1H3;2*1H. The first-order chi connectivity index (χ1) is 8.60. The third-order valence-corrected chi connectivity index (χ3v) is 5.12. The molecule has 0 spiro atoms. The Hall–Kier alpha value is -0.0300. The molecule has 2 unspecified atom stereocenters. The topological polar surface area (TPSA) is 49.6 Å². The molecule has 0 aromatic carbocycles. The van der Waals surface area contributed by atoms with Crippen LogP contribution in [0.5, 0.6) is 0 Å². The highest BCUT2D eigenvalue weighted by atomic mass is 35.5. The van der Waals surface area contributed by atoms with Crippen molar-refractivity contribution in [2.45, 2.75) is 63.1 Å². The zero-order valence-electron chi connectivity index (χ0n) is 12.2. The Balaban J connectivity index is 0.000001000. The first-order valence-corrected chi connectivity index (χ1v) is 7.44. The summed E-state index contributed by atoms with van der Waals surface area (Å²) in [5.41, 5.74) is 5.78. The average Bonchev–Trinajstić information content (AvgIpc) is 2.96. The molecule has 0 aromatic rings. The van der Waals surface area contributed by atoms with E-state index < -0.39 is 5.54 Å². The van der Waals surface area contributed by atoms with Gasteiger partial charge in [-0.1, -0.05) is 12.8 Å². The first kappa shape index (κ1) is 18.0. The number of rotatable bonds is 1. The number of amides is 1. The van der Waals surface area contributed by atoms with Crippen molar-refractivity contribution in [1.82, 2.24) is 9.80 Å². The maximum Gasteiger partial charge on any atom is 0.242 e. The number of hydrogen-bond acceptors (Lipinski definition) is 3. The van der Waals surface area contributed by atoms with E-state index >= 15 is 0 Å². The summed E-state index contributed by atoms with van der Waals surface area (Å²) in [7, 11) is 0. The lowest BCUT2D eigenvalue weighted by Crippen LogP contribution is -2.63. The molecule has 3 aliphatic rings. The van der Waals surface area contributed by atoms with Crippen LogP contribution in [0.3, 0.4) is 0 Å². The average molecular weight is 324 g/mol. The second kappa shape index (κ2) is 6.82. The summed E-state index contributed by atoms with van der Waals surface area (Å²) in [4.78, 5) is 17.3. The Kier molecular flexibility index (Phi) is 6.14. The van der Waals surface area contributed by atoms with Crippen LogP contribution in [0.15, 0.2) is 0 Å². The Morgan fingerprint density at radius 2 is 1.80 bits per heavy atom.